The number of sulfonamides is 1. The van der Waals surface area contributed by atoms with Gasteiger partial charge in [-0.3, -0.25) is 4.79 Å². The first kappa shape index (κ1) is 28.7. The van der Waals surface area contributed by atoms with Crippen LogP contribution in [0.4, 0.5) is 11.5 Å². The Kier molecular flexibility index (Phi) is 7.68. The Balaban J connectivity index is 1.21. The van der Waals surface area contributed by atoms with Crippen LogP contribution in [0.1, 0.15) is 74.4 Å². The third-order valence-electron chi connectivity index (χ3n) is 10.0. The molecule has 1 aliphatic carbocycles. The molecule has 7 rings (SSSR count). The lowest BCUT2D eigenvalue weighted by molar-refractivity contribution is 0.102. The summed E-state index contributed by atoms with van der Waals surface area (Å²) in [7, 11) is -3.79. The van der Waals surface area contributed by atoms with Crippen molar-refractivity contribution in [2.45, 2.75) is 87.7 Å². The van der Waals surface area contributed by atoms with Gasteiger partial charge >= 0.3 is 0 Å². The molecule has 1 aromatic carbocycles. The number of nitrogens with zero attached hydrogens (tertiary/aromatic N) is 4. The van der Waals surface area contributed by atoms with Crippen molar-refractivity contribution < 1.29 is 13.2 Å². The highest BCUT2D eigenvalue weighted by Gasteiger charge is 2.43. The third-order valence-corrected chi connectivity index (χ3v) is 13.1. The fraction of sp³-hybridized carbons (Fsp3) is 0.471. The molecule has 5 heterocycles. The van der Waals surface area contributed by atoms with E-state index in [0.29, 0.717) is 35.1 Å². The van der Waals surface area contributed by atoms with Crippen LogP contribution in [0.2, 0.25) is 0 Å². The van der Waals surface area contributed by atoms with E-state index in [1.165, 1.54) is 43.4 Å². The van der Waals surface area contributed by atoms with Gasteiger partial charge in [0.05, 0.1) is 23.2 Å². The Labute approximate surface area is 259 Å². The summed E-state index contributed by atoms with van der Waals surface area (Å²) in [5, 5.41) is 0. The second-order valence-electron chi connectivity index (χ2n) is 12.7. The van der Waals surface area contributed by atoms with Gasteiger partial charge in [-0.15, -0.1) is 11.3 Å². The number of hydrogen-bond acceptors (Lipinski definition) is 7. The maximum atomic E-state index is 14.1. The Morgan fingerprint density at radius 2 is 1.65 bits per heavy atom. The summed E-state index contributed by atoms with van der Waals surface area (Å²) in [5.74, 6) is 1.22. The molecule has 1 saturated carbocycles. The molecule has 2 bridgehead atoms. The monoisotopic (exact) mass is 616 g/mol. The number of Topliss-reactive ketones (excluding diaryl/α,β-unsaturated/α-hetero) is 1. The minimum Gasteiger partial charge on any atom is -0.351 e. The first-order valence-electron chi connectivity index (χ1n) is 15.7. The lowest BCUT2D eigenvalue weighted by atomic mass is 9.82. The highest BCUT2D eigenvalue weighted by atomic mass is 32.2. The van der Waals surface area contributed by atoms with Gasteiger partial charge < -0.3 is 9.80 Å². The molecule has 4 fully saturated rings. The Bertz CT molecular complexity index is 1590. The van der Waals surface area contributed by atoms with Gasteiger partial charge in [-0.05, 0) is 68.2 Å². The molecule has 7 nitrogen and oxygen atoms in total. The molecular formula is C34H40N4O3S2. The van der Waals surface area contributed by atoms with Crippen LogP contribution in [-0.2, 0) is 10.0 Å². The molecule has 3 aliphatic heterocycles. The Hall–Kier alpha value is -3.01. The number of rotatable bonds is 7. The van der Waals surface area contributed by atoms with Crippen LogP contribution in [0.5, 0.6) is 0 Å². The van der Waals surface area contributed by atoms with Crippen molar-refractivity contribution in [1.82, 2.24) is 9.29 Å². The summed E-state index contributed by atoms with van der Waals surface area (Å²) in [6.45, 7) is 6.59. The number of thiophene rings is 1. The smallest absolute Gasteiger partial charge is 0.245 e. The van der Waals surface area contributed by atoms with Gasteiger partial charge in [0.15, 0.2) is 5.78 Å². The molecule has 4 aliphatic rings. The zero-order valence-corrected chi connectivity index (χ0v) is 26.5. The summed E-state index contributed by atoms with van der Waals surface area (Å²) in [6, 6.07) is 16.8. The number of aromatic nitrogens is 1. The van der Waals surface area contributed by atoms with Gasteiger partial charge in [-0.25, -0.2) is 13.4 Å². The molecule has 0 N–H and O–H groups in total. The van der Waals surface area contributed by atoms with E-state index in [1.54, 1.807) is 23.5 Å². The maximum absolute atomic E-state index is 14.1. The summed E-state index contributed by atoms with van der Waals surface area (Å²) < 4.78 is 29.8. The number of carbonyl (C=O) groups excluding carboxylic acids is 1. The minimum atomic E-state index is -3.79. The van der Waals surface area contributed by atoms with Gasteiger partial charge in [-0.2, -0.15) is 4.31 Å². The van der Waals surface area contributed by atoms with Crippen LogP contribution in [-0.4, -0.2) is 54.7 Å². The van der Waals surface area contributed by atoms with Crippen LogP contribution < -0.4 is 9.80 Å². The van der Waals surface area contributed by atoms with Gasteiger partial charge in [0.2, 0.25) is 10.0 Å². The zero-order chi connectivity index (χ0) is 29.7. The van der Waals surface area contributed by atoms with Crippen LogP contribution in [0.3, 0.4) is 0 Å². The number of piperazine rings is 1. The second-order valence-corrected chi connectivity index (χ2v) is 15.7. The van der Waals surface area contributed by atoms with Gasteiger partial charge in [0.25, 0.3) is 0 Å². The number of carbonyl (C=O) groups is 1. The van der Waals surface area contributed by atoms with Gasteiger partial charge in [0, 0.05) is 42.3 Å². The highest BCUT2D eigenvalue weighted by Crippen LogP contribution is 2.44. The Morgan fingerprint density at radius 1 is 0.953 bits per heavy atom. The number of fused-ring (bicyclic) bond motifs is 2. The topological polar surface area (TPSA) is 73.8 Å². The van der Waals surface area contributed by atoms with Crippen molar-refractivity contribution in [1.29, 1.82) is 0 Å². The molecule has 0 radical (unpaired) electrons. The second kappa shape index (κ2) is 11.5. The third kappa shape index (κ3) is 5.23. The molecule has 1 unspecified atom stereocenters. The fourth-order valence-corrected chi connectivity index (χ4v) is 10.4. The van der Waals surface area contributed by atoms with Crippen LogP contribution in [0.15, 0.2) is 71.9 Å². The van der Waals surface area contributed by atoms with E-state index >= 15 is 0 Å². The van der Waals surface area contributed by atoms with Crippen LogP contribution in [0.25, 0.3) is 10.4 Å². The van der Waals surface area contributed by atoms with Crippen molar-refractivity contribution in [3.63, 3.8) is 0 Å². The molecule has 0 spiro atoms. The fourth-order valence-electron chi connectivity index (χ4n) is 7.95. The van der Waals surface area contributed by atoms with E-state index in [2.05, 4.69) is 39.6 Å². The quantitative estimate of drug-likeness (QED) is 0.263. The van der Waals surface area contributed by atoms with Crippen molar-refractivity contribution in [2.24, 2.45) is 5.92 Å². The van der Waals surface area contributed by atoms with E-state index in [0.717, 1.165) is 47.6 Å². The normalized spacial score (nSPS) is 25.0. The van der Waals surface area contributed by atoms with Gasteiger partial charge in [-0.1, -0.05) is 56.2 Å². The van der Waals surface area contributed by atoms with Crippen LogP contribution in [0, 0.1) is 5.92 Å². The summed E-state index contributed by atoms with van der Waals surface area (Å²) in [4.78, 5) is 24.2. The summed E-state index contributed by atoms with van der Waals surface area (Å²) in [5.41, 5.74) is 2.64. The number of hydrogen-bond donors (Lipinski definition) is 0. The van der Waals surface area contributed by atoms with E-state index in [9.17, 15) is 13.2 Å². The highest BCUT2D eigenvalue weighted by molar-refractivity contribution is 7.89. The average Bonchev–Trinajstić information content (AvgIpc) is 3.77. The molecule has 0 amide bonds. The lowest BCUT2D eigenvalue weighted by Crippen LogP contribution is -2.56. The van der Waals surface area contributed by atoms with E-state index < -0.39 is 10.0 Å². The maximum Gasteiger partial charge on any atom is 0.245 e. The van der Waals surface area contributed by atoms with E-state index in [-0.39, 0.29) is 23.3 Å². The Morgan fingerprint density at radius 3 is 2.28 bits per heavy atom. The summed E-state index contributed by atoms with van der Waals surface area (Å²) in [6.07, 6.45) is 11.9. The first-order valence-corrected chi connectivity index (χ1v) is 18.0. The molecule has 3 saturated heterocycles. The molecule has 1 atom stereocenters. The molecule has 2 aromatic heterocycles. The summed E-state index contributed by atoms with van der Waals surface area (Å²) >= 11 is 1.51. The molecular weight excluding hydrogens is 577 g/mol. The standard InChI is InChI=1S/C34H40N4O3S2/c1-23-21-36(43(40,41)29-17-18-33(35-20-29)38-27-13-14-28(38)16-15-27)22-31(25-9-5-3-6-10-25)37(23)30-19-32(42-34(30)24(2)39)26-11-7-4-8-12-26/h4,7-8,11-12,17-20,25,27-28,31H,1,3,5-6,9-10,13-16,21-22H2,2H3. The van der Waals surface area contributed by atoms with Crippen molar-refractivity contribution >= 4 is 38.6 Å². The average molecular weight is 617 g/mol. The minimum absolute atomic E-state index is 0.0185. The SMILES string of the molecule is C=C1CN(S(=O)(=O)c2ccc(N3C4CCC3CC4)nc2)CC(C2CCCCC2)N1c1cc(-c2ccccc2)sc1C(C)=O. The van der Waals surface area contributed by atoms with Crippen molar-refractivity contribution in [2.75, 3.05) is 22.9 Å². The predicted octanol–water partition coefficient (Wildman–Crippen LogP) is 7.12. The van der Waals surface area contributed by atoms with Crippen LogP contribution >= 0.6 is 11.3 Å². The van der Waals surface area contributed by atoms with E-state index in [4.69, 9.17) is 0 Å². The number of benzene rings is 1. The largest absolute Gasteiger partial charge is 0.351 e. The first-order chi connectivity index (χ1) is 20.8. The number of pyridine rings is 1. The zero-order valence-electron chi connectivity index (χ0n) is 24.8. The van der Waals surface area contributed by atoms with Gasteiger partial charge in [0.1, 0.15) is 10.7 Å². The molecule has 3 aromatic rings. The molecule has 43 heavy (non-hydrogen) atoms. The van der Waals surface area contributed by atoms with E-state index in [1.807, 2.05) is 24.3 Å². The number of ketones is 1. The number of anilines is 2. The van der Waals surface area contributed by atoms with Crippen molar-refractivity contribution in [3.8, 4) is 10.4 Å². The molecule has 9 heteroatoms. The molecule has 226 valence electrons. The van der Waals surface area contributed by atoms with Crippen molar-refractivity contribution in [3.05, 3.63) is 71.9 Å². The lowest BCUT2D eigenvalue weighted by Gasteiger charge is -2.47. The predicted molar refractivity (Wildman–Crippen MR) is 173 cm³/mol.